The average molecular weight is 247 g/mol. The van der Waals surface area contributed by atoms with Gasteiger partial charge in [-0.1, -0.05) is 60.7 Å². The molecule has 94 valence electrons. The number of alkyl halides is 2. The maximum absolute atomic E-state index is 13.8. The van der Waals surface area contributed by atoms with Crippen molar-refractivity contribution in [3.8, 4) is 0 Å². The molecule has 2 aromatic carbocycles. The van der Waals surface area contributed by atoms with Gasteiger partial charge in [-0.15, -0.1) is 0 Å². The first-order valence-electron chi connectivity index (χ1n) is 5.86. The zero-order valence-electron chi connectivity index (χ0n) is 9.94. The van der Waals surface area contributed by atoms with Crippen molar-refractivity contribution in [1.82, 2.24) is 5.32 Å². The van der Waals surface area contributed by atoms with E-state index in [-0.39, 0.29) is 12.1 Å². The third-order valence-electron chi connectivity index (χ3n) is 2.72. The molecule has 0 spiro atoms. The minimum Gasteiger partial charge on any atom is -0.307 e. The second-order valence-electron chi connectivity index (χ2n) is 4.16. The number of rotatable bonds is 5. The Hall–Kier alpha value is -1.74. The van der Waals surface area contributed by atoms with Crippen LogP contribution in [0.4, 0.5) is 8.78 Å². The summed E-state index contributed by atoms with van der Waals surface area (Å²) in [7, 11) is 0. The highest BCUT2D eigenvalue weighted by Gasteiger charge is 2.30. The van der Waals surface area contributed by atoms with E-state index in [2.05, 4.69) is 5.32 Å². The lowest BCUT2D eigenvalue weighted by molar-refractivity contribution is -0.00343. The molecule has 0 aliphatic heterocycles. The Balaban J connectivity index is 1.90. The van der Waals surface area contributed by atoms with E-state index in [1.54, 1.807) is 18.2 Å². The van der Waals surface area contributed by atoms with Crippen molar-refractivity contribution in [1.29, 1.82) is 0 Å². The van der Waals surface area contributed by atoms with Gasteiger partial charge < -0.3 is 5.32 Å². The molecule has 0 aliphatic carbocycles. The second-order valence-corrected chi connectivity index (χ2v) is 4.16. The van der Waals surface area contributed by atoms with E-state index in [4.69, 9.17) is 0 Å². The molecule has 0 atom stereocenters. The summed E-state index contributed by atoms with van der Waals surface area (Å²) in [5, 5.41) is 2.79. The van der Waals surface area contributed by atoms with E-state index in [0.29, 0.717) is 6.54 Å². The van der Waals surface area contributed by atoms with Crippen molar-refractivity contribution in [3.05, 3.63) is 71.8 Å². The van der Waals surface area contributed by atoms with Gasteiger partial charge in [-0.2, -0.15) is 8.78 Å². The monoisotopic (exact) mass is 247 g/mol. The predicted octanol–water partition coefficient (Wildman–Crippen LogP) is 3.57. The fourth-order valence-corrected chi connectivity index (χ4v) is 1.74. The highest BCUT2D eigenvalue weighted by atomic mass is 19.3. The van der Waals surface area contributed by atoms with Gasteiger partial charge in [-0.25, -0.2) is 0 Å². The first kappa shape index (κ1) is 12.7. The summed E-state index contributed by atoms with van der Waals surface area (Å²) >= 11 is 0. The summed E-state index contributed by atoms with van der Waals surface area (Å²) in [5.74, 6) is -2.84. The topological polar surface area (TPSA) is 12.0 Å². The number of benzene rings is 2. The molecule has 18 heavy (non-hydrogen) atoms. The van der Waals surface area contributed by atoms with E-state index in [0.717, 1.165) is 5.56 Å². The quantitative estimate of drug-likeness (QED) is 0.851. The van der Waals surface area contributed by atoms with Gasteiger partial charge in [0.25, 0.3) is 5.92 Å². The SMILES string of the molecule is FC(F)(CNCc1ccccc1)c1ccccc1. The third-order valence-corrected chi connectivity index (χ3v) is 2.72. The van der Waals surface area contributed by atoms with E-state index in [1.807, 2.05) is 30.3 Å². The summed E-state index contributed by atoms with van der Waals surface area (Å²) in [6.07, 6.45) is 0. The first-order valence-corrected chi connectivity index (χ1v) is 5.86. The molecule has 0 fully saturated rings. The van der Waals surface area contributed by atoms with Crippen LogP contribution >= 0.6 is 0 Å². The standard InChI is InChI=1S/C15H15F2N/c16-15(17,14-9-5-2-6-10-14)12-18-11-13-7-3-1-4-8-13/h1-10,18H,11-12H2. The molecule has 0 aromatic heterocycles. The van der Waals surface area contributed by atoms with Crippen LogP contribution < -0.4 is 5.32 Å². The van der Waals surface area contributed by atoms with Gasteiger partial charge >= 0.3 is 0 Å². The molecule has 1 N–H and O–H groups in total. The summed E-state index contributed by atoms with van der Waals surface area (Å²) < 4.78 is 27.6. The lowest BCUT2D eigenvalue weighted by Crippen LogP contribution is -2.30. The van der Waals surface area contributed by atoms with Crippen molar-refractivity contribution >= 4 is 0 Å². The van der Waals surface area contributed by atoms with Crippen molar-refractivity contribution in [2.24, 2.45) is 0 Å². The Morgan fingerprint density at radius 2 is 1.39 bits per heavy atom. The molecule has 0 saturated carbocycles. The van der Waals surface area contributed by atoms with Crippen LogP contribution in [0.3, 0.4) is 0 Å². The Bertz CT molecular complexity index is 468. The molecule has 0 unspecified atom stereocenters. The highest BCUT2D eigenvalue weighted by Crippen LogP contribution is 2.26. The summed E-state index contributed by atoms with van der Waals surface area (Å²) in [4.78, 5) is 0. The molecular formula is C15H15F2N. The molecule has 2 aromatic rings. The lowest BCUT2D eigenvalue weighted by Gasteiger charge is -2.17. The average Bonchev–Trinajstić information content (AvgIpc) is 2.41. The number of halogens is 2. The van der Waals surface area contributed by atoms with Crippen LogP contribution in [0.15, 0.2) is 60.7 Å². The minimum atomic E-state index is -2.84. The molecule has 2 rings (SSSR count). The largest absolute Gasteiger partial charge is 0.307 e. The normalized spacial score (nSPS) is 11.4. The fourth-order valence-electron chi connectivity index (χ4n) is 1.74. The number of hydrogen-bond donors (Lipinski definition) is 1. The molecule has 0 bridgehead atoms. The molecule has 0 heterocycles. The minimum absolute atomic E-state index is 0.0468. The smallest absolute Gasteiger partial charge is 0.285 e. The fraction of sp³-hybridized carbons (Fsp3) is 0.200. The van der Waals surface area contributed by atoms with Crippen LogP contribution in [0, 0.1) is 0 Å². The van der Waals surface area contributed by atoms with Crippen LogP contribution in [-0.4, -0.2) is 6.54 Å². The Morgan fingerprint density at radius 3 is 2.00 bits per heavy atom. The van der Waals surface area contributed by atoms with Gasteiger partial charge in [0.1, 0.15) is 0 Å². The molecular weight excluding hydrogens is 232 g/mol. The maximum atomic E-state index is 13.8. The molecule has 1 nitrogen and oxygen atoms in total. The van der Waals surface area contributed by atoms with E-state index >= 15 is 0 Å². The Labute approximate surface area is 105 Å². The van der Waals surface area contributed by atoms with Crippen LogP contribution in [0.2, 0.25) is 0 Å². The third kappa shape index (κ3) is 3.37. The van der Waals surface area contributed by atoms with Crippen molar-refractivity contribution < 1.29 is 8.78 Å². The lowest BCUT2D eigenvalue weighted by atomic mass is 10.1. The van der Waals surface area contributed by atoms with Gasteiger partial charge in [-0.3, -0.25) is 0 Å². The zero-order valence-corrected chi connectivity index (χ0v) is 9.94. The van der Waals surface area contributed by atoms with Crippen LogP contribution in [0.5, 0.6) is 0 Å². The molecule has 0 aliphatic rings. The second kappa shape index (κ2) is 5.74. The Kier molecular flexibility index (Phi) is 4.05. The van der Waals surface area contributed by atoms with Gasteiger partial charge in [0.05, 0.1) is 6.54 Å². The van der Waals surface area contributed by atoms with Gasteiger partial charge in [0.15, 0.2) is 0 Å². The highest BCUT2D eigenvalue weighted by molar-refractivity contribution is 5.20. The van der Waals surface area contributed by atoms with E-state index in [1.165, 1.54) is 12.1 Å². The van der Waals surface area contributed by atoms with Crippen molar-refractivity contribution in [2.45, 2.75) is 12.5 Å². The summed E-state index contributed by atoms with van der Waals surface area (Å²) in [6.45, 7) is 0.0924. The predicted molar refractivity (Wildman–Crippen MR) is 68.5 cm³/mol. The van der Waals surface area contributed by atoms with Gasteiger partial charge in [-0.05, 0) is 5.56 Å². The molecule has 0 radical (unpaired) electrons. The van der Waals surface area contributed by atoms with Crippen LogP contribution in [0.1, 0.15) is 11.1 Å². The van der Waals surface area contributed by atoms with E-state index in [9.17, 15) is 8.78 Å². The Morgan fingerprint density at radius 1 is 0.833 bits per heavy atom. The molecule has 3 heteroatoms. The summed E-state index contributed by atoms with van der Waals surface area (Å²) in [5.41, 5.74) is 1.05. The molecule has 0 amide bonds. The van der Waals surface area contributed by atoms with Crippen LogP contribution in [-0.2, 0) is 12.5 Å². The van der Waals surface area contributed by atoms with Crippen molar-refractivity contribution in [2.75, 3.05) is 6.54 Å². The first-order chi connectivity index (χ1) is 8.68. The van der Waals surface area contributed by atoms with Gasteiger partial charge in [0, 0.05) is 12.1 Å². The summed E-state index contributed by atoms with van der Waals surface area (Å²) in [6, 6.07) is 17.4. The zero-order chi connectivity index (χ0) is 12.8. The maximum Gasteiger partial charge on any atom is 0.285 e. The van der Waals surface area contributed by atoms with Crippen molar-refractivity contribution in [3.63, 3.8) is 0 Å². The molecule has 0 saturated heterocycles. The van der Waals surface area contributed by atoms with Gasteiger partial charge in [0.2, 0.25) is 0 Å². The van der Waals surface area contributed by atoms with Crippen LogP contribution in [0.25, 0.3) is 0 Å². The van der Waals surface area contributed by atoms with E-state index < -0.39 is 5.92 Å². The number of hydrogen-bond acceptors (Lipinski definition) is 1. The number of nitrogens with one attached hydrogen (secondary N) is 1.